The zero-order chi connectivity index (χ0) is 15.6. The second-order valence-corrected chi connectivity index (χ2v) is 8.77. The van der Waals surface area contributed by atoms with Gasteiger partial charge in [0.15, 0.2) is 0 Å². The summed E-state index contributed by atoms with van der Waals surface area (Å²) < 4.78 is 28.1. The molecule has 1 aromatic rings. The standard InChI is InChI=1S/C13H16Br2N2O3S/c14-10-1-2-12(11(15)8-10)21(19,20)17-5-3-9(4-6-17)7-13(16)18/h1-2,8-9H,3-7H2,(H2,16,18). The third-order valence-corrected chi connectivity index (χ3v) is 6.94. The Balaban J connectivity index is 2.13. The lowest BCUT2D eigenvalue weighted by Crippen LogP contribution is -2.39. The van der Waals surface area contributed by atoms with Crippen LogP contribution in [0.4, 0.5) is 0 Å². The first kappa shape index (κ1) is 16.9. The monoisotopic (exact) mass is 438 g/mol. The summed E-state index contributed by atoms with van der Waals surface area (Å²) in [4.78, 5) is 11.2. The third kappa shape index (κ3) is 4.06. The van der Waals surface area contributed by atoms with Crippen molar-refractivity contribution in [3.05, 3.63) is 27.1 Å². The first-order valence-electron chi connectivity index (χ1n) is 6.54. The molecule has 8 heteroatoms. The Morgan fingerprint density at radius 2 is 1.90 bits per heavy atom. The molecule has 2 N–H and O–H groups in total. The van der Waals surface area contributed by atoms with Crippen LogP contribution in [-0.4, -0.2) is 31.7 Å². The molecule has 5 nitrogen and oxygen atoms in total. The van der Waals surface area contributed by atoms with Crippen LogP contribution in [0.5, 0.6) is 0 Å². The summed E-state index contributed by atoms with van der Waals surface area (Å²) in [6, 6.07) is 5.00. The SMILES string of the molecule is NC(=O)CC1CCN(S(=O)(=O)c2ccc(Br)cc2Br)CC1. The molecule has 1 aliphatic heterocycles. The predicted octanol–water partition coefficient (Wildman–Crippen LogP) is 2.49. The highest BCUT2D eigenvalue weighted by molar-refractivity contribution is 9.11. The normalized spacial score (nSPS) is 17.8. The van der Waals surface area contributed by atoms with Crippen molar-refractivity contribution >= 4 is 47.8 Å². The van der Waals surface area contributed by atoms with Crippen LogP contribution in [0, 0.1) is 5.92 Å². The molecule has 21 heavy (non-hydrogen) atoms. The fourth-order valence-electron chi connectivity index (χ4n) is 2.46. The Morgan fingerprint density at radius 3 is 2.43 bits per heavy atom. The van der Waals surface area contributed by atoms with Gasteiger partial charge in [-0.1, -0.05) is 15.9 Å². The van der Waals surface area contributed by atoms with Crippen molar-refractivity contribution in [2.45, 2.75) is 24.2 Å². The molecular formula is C13H16Br2N2O3S. The largest absolute Gasteiger partial charge is 0.370 e. The molecule has 0 saturated carbocycles. The Labute approximate surface area is 141 Å². The van der Waals surface area contributed by atoms with Gasteiger partial charge < -0.3 is 5.73 Å². The number of nitrogens with two attached hydrogens (primary N) is 1. The molecular weight excluding hydrogens is 424 g/mol. The number of piperidine rings is 1. The number of rotatable bonds is 4. The number of primary amides is 1. The second-order valence-electron chi connectivity index (χ2n) is 5.09. The molecule has 1 fully saturated rings. The Bertz CT molecular complexity index is 641. The first-order valence-corrected chi connectivity index (χ1v) is 9.57. The van der Waals surface area contributed by atoms with Gasteiger partial charge in [0.1, 0.15) is 0 Å². The number of hydrogen-bond acceptors (Lipinski definition) is 3. The van der Waals surface area contributed by atoms with Crippen molar-refractivity contribution in [2.24, 2.45) is 11.7 Å². The number of sulfonamides is 1. The van der Waals surface area contributed by atoms with Gasteiger partial charge in [-0.15, -0.1) is 0 Å². The zero-order valence-corrected chi connectivity index (χ0v) is 15.2. The van der Waals surface area contributed by atoms with Gasteiger partial charge in [0.2, 0.25) is 15.9 Å². The molecule has 0 aromatic heterocycles. The highest BCUT2D eigenvalue weighted by Gasteiger charge is 2.31. The molecule has 0 atom stereocenters. The van der Waals surface area contributed by atoms with Crippen LogP contribution in [0.25, 0.3) is 0 Å². The maximum Gasteiger partial charge on any atom is 0.244 e. The zero-order valence-electron chi connectivity index (χ0n) is 11.3. The molecule has 0 aliphatic carbocycles. The molecule has 116 valence electrons. The van der Waals surface area contributed by atoms with Crippen LogP contribution in [0.15, 0.2) is 32.0 Å². The van der Waals surface area contributed by atoms with Gasteiger partial charge in [-0.05, 0) is 52.9 Å². The fourth-order valence-corrected chi connectivity index (χ4v) is 5.64. The van der Waals surface area contributed by atoms with Gasteiger partial charge >= 0.3 is 0 Å². The van der Waals surface area contributed by atoms with E-state index in [1.807, 2.05) is 0 Å². The van der Waals surface area contributed by atoms with Crippen LogP contribution in [0.1, 0.15) is 19.3 Å². The molecule has 0 spiro atoms. The number of halogens is 2. The van der Waals surface area contributed by atoms with E-state index in [0.717, 1.165) is 4.47 Å². The highest BCUT2D eigenvalue weighted by Crippen LogP contribution is 2.31. The molecule has 0 bridgehead atoms. The number of carbonyl (C=O) groups excluding carboxylic acids is 1. The van der Waals surface area contributed by atoms with E-state index in [0.29, 0.717) is 36.8 Å². The van der Waals surface area contributed by atoms with Crippen molar-refractivity contribution in [1.82, 2.24) is 4.31 Å². The van der Waals surface area contributed by atoms with Crippen LogP contribution in [0.2, 0.25) is 0 Å². The minimum Gasteiger partial charge on any atom is -0.370 e. The van der Waals surface area contributed by atoms with Gasteiger partial charge in [0, 0.05) is 28.5 Å². The van der Waals surface area contributed by atoms with Gasteiger partial charge in [0.25, 0.3) is 0 Å². The first-order chi connectivity index (χ1) is 9.80. The van der Waals surface area contributed by atoms with E-state index in [1.54, 1.807) is 18.2 Å². The summed E-state index contributed by atoms with van der Waals surface area (Å²) in [5, 5.41) is 0. The summed E-state index contributed by atoms with van der Waals surface area (Å²) in [7, 11) is -3.51. The van der Waals surface area contributed by atoms with E-state index in [9.17, 15) is 13.2 Å². The fraction of sp³-hybridized carbons (Fsp3) is 0.462. The molecule has 1 heterocycles. The van der Waals surface area contributed by atoms with Gasteiger partial charge in [-0.2, -0.15) is 4.31 Å². The number of nitrogens with zero attached hydrogens (tertiary/aromatic N) is 1. The Hall–Kier alpha value is -0.440. The number of benzene rings is 1. The average Bonchev–Trinajstić information content (AvgIpc) is 2.38. The predicted molar refractivity (Wildman–Crippen MR) is 87.1 cm³/mol. The van der Waals surface area contributed by atoms with Crippen LogP contribution in [-0.2, 0) is 14.8 Å². The van der Waals surface area contributed by atoms with Gasteiger partial charge in [-0.3, -0.25) is 4.79 Å². The van der Waals surface area contributed by atoms with E-state index in [1.165, 1.54) is 4.31 Å². The van der Waals surface area contributed by atoms with Crippen molar-refractivity contribution in [2.75, 3.05) is 13.1 Å². The molecule has 0 unspecified atom stereocenters. The molecule has 1 amide bonds. The number of amides is 1. The minimum absolute atomic E-state index is 0.183. The summed E-state index contributed by atoms with van der Waals surface area (Å²) in [5.41, 5.74) is 5.19. The Morgan fingerprint density at radius 1 is 1.29 bits per heavy atom. The lowest BCUT2D eigenvalue weighted by Gasteiger charge is -2.30. The maximum absolute atomic E-state index is 12.6. The summed E-state index contributed by atoms with van der Waals surface area (Å²) in [5.74, 6) is -0.144. The summed E-state index contributed by atoms with van der Waals surface area (Å²) in [6.45, 7) is 0.839. The topological polar surface area (TPSA) is 80.5 Å². The quantitative estimate of drug-likeness (QED) is 0.782. The van der Waals surface area contributed by atoms with E-state index in [4.69, 9.17) is 5.73 Å². The lowest BCUT2D eigenvalue weighted by atomic mass is 9.94. The van der Waals surface area contributed by atoms with E-state index in [2.05, 4.69) is 31.9 Å². The van der Waals surface area contributed by atoms with E-state index >= 15 is 0 Å². The number of hydrogen-bond donors (Lipinski definition) is 1. The molecule has 0 radical (unpaired) electrons. The van der Waals surface area contributed by atoms with Crippen LogP contribution >= 0.6 is 31.9 Å². The van der Waals surface area contributed by atoms with Gasteiger partial charge in [-0.25, -0.2) is 8.42 Å². The smallest absolute Gasteiger partial charge is 0.244 e. The minimum atomic E-state index is -3.51. The third-order valence-electron chi connectivity index (χ3n) is 3.58. The van der Waals surface area contributed by atoms with Crippen LogP contribution < -0.4 is 5.73 Å². The Kier molecular flexibility index (Phi) is 5.45. The van der Waals surface area contributed by atoms with E-state index < -0.39 is 10.0 Å². The van der Waals surface area contributed by atoms with Crippen molar-refractivity contribution in [1.29, 1.82) is 0 Å². The van der Waals surface area contributed by atoms with Crippen molar-refractivity contribution in [3.63, 3.8) is 0 Å². The molecule has 2 rings (SSSR count). The average molecular weight is 440 g/mol. The van der Waals surface area contributed by atoms with Crippen molar-refractivity contribution < 1.29 is 13.2 Å². The molecule has 1 saturated heterocycles. The summed E-state index contributed by atoms with van der Waals surface area (Å²) >= 11 is 6.60. The lowest BCUT2D eigenvalue weighted by molar-refractivity contribution is -0.119. The van der Waals surface area contributed by atoms with E-state index in [-0.39, 0.29) is 16.7 Å². The maximum atomic E-state index is 12.6. The number of carbonyl (C=O) groups is 1. The molecule has 1 aromatic carbocycles. The van der Waals surface area contributed by atoms with Crippen LogP contribution in [0.3, 0.4) is 0 Å². The molecule has 1 aliphatic rings. The van der Waals surface area contributed by atoms with Gasteiger partial charge in [0.05, 0.1) is 4.90 Å². The highest BCUT2D eigenvalue weighted by atomic mass is 79.9. The van der Waals surface area contributed by atoms with Crippen molar-refractivity contribution in [3.8, 4) is 0 Å². The second kappa shape index (κ2) is 6.76. The summed E-state index contributed by atoms with van der Waals surface area (Å²) in [6.07, 6.45) is 1.66.